The molecular weight excluding hydrogens is 478 g/mol. The van der Waals surface area contributed by atoms with Crippen LogP contribution >= 0.6 is 0 Å². The summed E-state index contributed by atoms with van der Waals surface area (Å²) in [6, 6.07) is 22.0. The van der Waals surface area contributed by atoms with Crippen LogP contribution in [0.2, 0.25) is 0 Å². The Morgan fingerprint density at radius 2 is 1.53 bits per heavy atom. The van der Waals surface area contributed by atoms with E-state index in [0.717, 1.165) is 4.90 Å². The van der Waals surface area contributed by atoms with Gasteiger partial charge in [-0.1, -0.05) is 48.5 Å². The Kier molecular flexibility index (Phi) is 6.66. The highest BCUT2D eigenvalue weighted by atomic mass is 32.2. The third-order valence-corrected chi connectivity index (χ3v) is 7.91. The number of hydrogen-bond acceptors (Lipinski definition) is 6. The van der Waals surface area contributed by atoms with Crippen LogP contribution in [0.15, 0.2) is 83.8 Å². The molecule has 0 fully saturated rings. The van der Waals surface area contributed by atoms with Gasteiger partial charge in [-0.05, 0) is 68.7 Å². The van der Waals surface area contributed by atoms with Crippen LogP contribution in [0.1, 0.15) is 38.3 Å². The molecule has 4 rings (SSSR count). The standard InChI is InChI=1S/C28H29NO6S/c1-27(2,3)35-26(31)29-24-13-9-8-12-23(24)28(25(29)30,20-14-16-21(34-4)17-15-20)18-19-36(32,33)22-10-6-5-7-11-22/h5-17H,18-19H2,1-4H3/t28-/m1/s1. The van der Waals surface area contributed by atoms with Crippen molar-refractivity contribution in [1.82, 2.24) is 0 Å². The average molecular weight is 508 g/mol. The first kappa shape index (κ1) is 25.4. The van der Waals surface area contributed by atoms with Crippen molar-refractivity contribution in [3.63, 3.8) is 0 Å². The number of ether oxygens (including phenoxy) is 2. The van der Waals surface area contributed by atoms with Crippen molar-refractivity contribution in [2.45, 2.75) is 43.1 Å². The number of rotatable bonds is 6. The van der Waals surface area contributed by atoms with E-state index in [1.54, 1.807) is 87.5 Å². The average Bonchev–Trinajstić information content (AvgIpc) is 3.11. The number of benzene rings is 3. The molecule has 0 radical (unpaired) electrons. The lowest BCUT2D eigenvalue weighted by atomic mass is 9.73. The van der Waals surface area contributed by atoms with Crippen molar-refractivity contribution >= 4 is 27.5 Å². The van der Waals surface area contributed by atoms with Gasteiger partial charge in [-0.25, -0.2) is 18.1 Å². The van der Waals surface area contributed by atoms with E-state index in [2.05, 4.69) is 0 Å². The van der Waals surface area contributed by atoms with Gasteiger partial charge < -0.3 is 9.47 Å². The maximum absolute atomic E-state index is 14.2. The predicted octanol–water partition coefficient (Wildman–Crippen LogP) is 5.13. The Bertz CT molecular complexity index is 1380. The van der Waals surface area contributed by atoms with Crippen LogP contribution in [-0.4, -0.2) is 38.9 Å². The van der Waals surface area contributed by atoms with Crippen molar-refractivity contribution in [3.8, 4) is 5.75 Å². The second-order valence-electron chi connectivity index (χ2n) is 9.65. The summed E-state index contributed by atoms with van der Waals surface area (Å²) >= 11 is 0. The van der Waals surface area contributed by atoms with Crippen molar-refractivity contribution in [2.75, 3.05) is 17.8 Å². The second kappa shape index (κ2) is 9.43. The lowest BCUT2D eigenvalue weighted by Crippen LogP contribution is -2.46. The van der Waals surface area contributed by atoms with Crippen molar-refractivity contribution < 1.29 is 27.5 Å². The van der Waals surface area contributed by atoms with Crippen LogP contribution in [0.25, 0.3) is 0 Å². The SMILES string of the molecule is COc1ccc([C@@]2(CCS(=O)(=O)c3ccccc3)C(=O)N(C(=O)OC(C)(C)C)c3ccccc32)cc1. The summed E-state index contributed by atoms with van der Waals surface area (Å²) in [6.07, 6.45) is -0.868. The fraction of sp³-hybridized carbons (Fsp3) is 0.286. The molecule has 0 spiro atoms. The molecule has 0 bridgehead atoms. The second-order valence-corrected chi connectivity index (χ2v) is 11.8. The number of sulfone groups is 1. The minimum absolute atomic E-state index is 0.0638. The number of amides is 2. The fourth-order valence-electron chi connectivity index (χ4n) is 4.51. The highest BCUT2D eigenvalue weighted by Gasteiger charge is 2.55. The molecule has 0 unspecified atom stereocenters. The van der Waals surface area contributed by atoms with Gasteiger partial charge in [0.05, 0.1) is 23.4 Å². The van der Waals surface area contributed by atoms with E-state index in [1.807, 2.05) is 0 Å². The Labute approximate surface area is 211 Å². The number of hydrogen-bond donors (Lipinski definition) is 0. The van der Waals surface area contributed by atoms with E-state index >= 15 is 0 Å². The zero-order valence-corrected chi connectivity index (χ0v) is 21.5. The molecule has 1 heterocycles. The van der Waals surface area contributed by atoms with E-state index in [1.165, 1.54) is 19.2 Å². The molecule has 7 nitrogen and oxygen atoms in total. The number of carbonyl (C=O) groups is 2. The van der Waals surface area contributed by atoms with Crippen LogP contribution in [0.4, 0.5) is 10.5 Å². The number of imide groups is 1. The van der Waals surface area contributed by atoms with Crippen molar-refractivity contribution in [3.05, 3.63) is 90.0 Å². The molecule has 0 aromatic heterocycles. The van der Waals surface area contributed by atoms with E-state index in [0.29, 0.717) is 22.6 Å². The summed E-state index contributed by atoms with van der Waals surface area (Å²) in [6.45, 7) is 5.17. The van der Waals surface area contributed by atoms with Crippen LogP contribution in [0.3, 0.4) is 0 Å². The van der Waals surface area contributed by atoms with E-state index in [4.69, 9.17) is 9.47 Å². The minimum atomic E-state index is -3.71. The summed E-state index contributed by atoms with van der Waals surface area (Å²) in [5.41, 5.74) is -0.746. The lowest BCUT2D eigenvalue weighted by molar-refractivity contribution is -0.121. The number of nitrogens with zero attached hydrogens (tertiary/aromatic N) is 1. The van der Waals surface area contributed by atoms with Crippen LogP contribution in [-0.2, 0) is 24.8 Å². The summed E-state index contributed by atoms with van der Waals surface area (Å²) in [7, 11) is -2.17. The van der Waals surface area contributed by atoms with Gasteiger partial charge in [0.1, 0.15) is 16.8 Å². The molecule has 188 valence electrons. The molecule has 36 heavy (non-hydrogen) atoms. The minimum Gasteiger partial charge on any atom is -0.497 e. The van der Waals surface area contributed by atoms with Crippen molar-refractivity contribution in [2.24, 2.45) is 0 Å². The molecule has 1 aliphatic heterocycles. The molecule has 3 aromatic carbocycles. The molecule has 0 saturated carbocycles. The van der Waals surface area contributed by atoms with E-state index in [-0.39, 0.29) is 17.1 Å². The quantitative estimate of drug-likeness (QED) is 0.460. The van der Waals surface area contributed by atoms with Gasteiger partial charge in [0.25, 0.3) is 5.91 Å². The van der Waals surface area contributed by atoms with Crippen LogP contribution in [0, 0.1) is 0 Å². The van der Waals surface area contributed by atoms with E-state index < -0.39 is 32.9 Å². The molecule has 8 heteroatoms. The van der Waals surface area contributed by atoms with Gasteiger partial charge in [0.15, 0.2) is 9.84 Å². The molecule has 1 atom stereocenters. The predicted molar refractivity (Wildman–Crippen MR) is 137 cm³/mol. The summed E-state index contributed by atoms with van der Waals surface area (Å²) in [4.78, 5) is 28.6. The highest BCUT2D eigenvalue weighted by molar-refractivity contribution is 7.91. The third-order valence-electron chi connectivity index (χ3n) is 6.18. The first-order valence-electron chi connectivity index (χ1n) is 11.6. The van der Waals surface area contributed by atoms with Gasteiger partial charge in [0.2, 0.25) is 0 Å². The topological polar surface area (TPSA) is 90.0 Å². The van der Waals surface area contributed by atoms with E-state index in [9.17, 15) is 18.0 Å². The van der Waals surface area contributed by atoms with Gasteiger partial charge in [-0.3, -0.25) is 4.79 Å². The van der Waals surface area contributed by atoms with Crippen LogP contribution < -0.4 is 9.64 Å². The lowest BCUT2D eigenvalue weighted by Gasteiger charge is -2.30. The van der Waals surface area contributed by atoms with Gasteiger partial charge in [0, 0.05) is 0 Å². The Hall–Kier alpha value is -3.65. The monoisotopic (exact) mass is 507 g/mol. The molecule has 3 aromatic rings. The number of anilines is 1. The number of fused-ring (bicyclic) bond motifs is 1. The number of methoxy groups -OCH3 is 1. The Morgan fingerprint density at radius 3 is 2.14 bits per heavy atom. The molecule has 1 aliphatic rings. The highest BCUT2D eigenvalue weighted by Crippen LogP contribution is 2.49. The largest absolute Gasteiger partial charge is 0.497 e. The maximum atomic E-state index is 14.2. The van der Waals surface area contributed by atoms with Gasteiger partial charge in [-0.15, -0.1) is 0 Å². The first-order chi connectivity index (χ1) is 17.0. The Balaban J connectivity index is 1.86. The van der Waals surface area contributed by atoms with Gasteiger partial charge >= 0.3 is 6.09 Å². The molecule has 2 amide bonds. The summed E-state index contributed by atoms with van der Waals surface area (Å²) in [5.74, 6) is -0.259. The molecule has 0 N–H and O–H groups in total. The number of carbonyl (C=O) groups excluding carboxylic acids is 2. The smallest absolute Gasteiger partial charge is 0.421 e. The number of para-hydroxylation sites is 1. The van der Waals surface area contributed by atoms with Crippen LogP contribution in [0.5, 0.6) is 5.75 Å². The summed E-state index contributed by atoms with van der Waals surface area (Å²) < 4.78 is 37.3. The molecule has 0 saturated heterocycles. The molecule has 0 aliphatic carbocycles. The fourth-order valence-corrected chi connectivity index (χ4v) is 5.89. The normalized spacial score (nSPS) is 17.6. The molecular formula is C28H29NO6S. The maximum Gasteiger partial charge on any atom is 0.421 e. The zero-order valence-electron chi connectivity index (χ0n) is 20.7. The summed E-state index contributed by atoms with van der Waals surface area (Å²) in [5, 5.41) is 0. The van der Waals surface area contributed by atoms with Gasteiger partial charge in [-0.2, -0.15) is 0 Å². The first-order valence-corrected chi connectivity index (χ1v) is 13.2. The van der Waals surface area contributed by atoms with Crippen molar-refractivity contribution in [1.29, 1.82) is 0 Å². The third kappa shape index (κ3) is 4.60. The zero-order chi connectivity index (χ0) is 26.1. The Morgan fingerprint density at radius 1 is 0.917 bits per heavy atom.